The molecule has 3 rings (SSSR count). The number of anilines is 1. The van der Waals surface area contributed by atoms with Crippen molar-refractivity contribution in [2.24, 2.45) is 0 Å². The van der Waals surface area contributed by atoms with Crippen LogP contribution in [-0.2, 0) is 21.2 Å². The molecule has 0 aliphatic rings. The van der Waals surface area contributed by atoms with Crippen LogP contribution in [0.4, 0.5) is 5.69 Å². The van der Waals surface area contributed by atoms with Crippen molar-refractivity contribution in [2.75, 3.05) is 24.5 Å². The summed E-state index contributed by atoms with van der Waals surface area (Å²) in [6.07, 6.45) is 1.51. The average molecular weight is 453 g/mol. The normalized spacial score (nSPS) is 11.1. The van der Waals surface area contributed by atoms with Gasteiger partial charge in [-0.15, -0.1) is 0 Å². The van der Waals surface area contributed by atoms with Crippen molar-refractivity contribution >= 4 is 21.6 Å². The lowest BCUT2D eigenvalue weighted by Gasteiger charge is -2.24. The van der Waals surface area contributed by atoms with Crippen molar-refractivity contribution in [3.05, 3.63) is 90.0 Å². The Labute approximate surface area is 189 Å². The van der Waals surface area contributed by atoms with E-state index in [0.29, 0.717) is 12.2 Å². The average Bonchev–Trinajstić information content (AvgIpc) is 2.81. The van der Waals surface area contributed by atoms with E-state index >= 15 is 0 Å². The van der Waals surface area contributed by atoms with Gasteiger partial charge < -0.3 is 10.1 Å². The first-order chi connectivity index (χ1) is 15.4. The van der Waals surface area contributed by atoms with Gasteiger partial charge in [0.25, 0.3) is 10.0 Å². The number of benzene rings is 3. The van der Waals surface area contributed by atoms with Crippen LogP contribution in [-0.4, -0.2) is 34.5 Å². The summed E-state index contributed by atoms with van der Waals surface area (Å²) in [5, 5.41) is 2.84. The fourth-order valence-corrected chi connectivity index (χ4v) is 4.70. The molecular weight excluding hydrogens is 424 g/mol. The highest BCUT2D eigenvalue weighted by atomic mass is 32.2. The minimum atomic E-state index is -3.89. The van der Waals surface area contributed by atoms with Crippen molar-refractivity contribution in [2.45, 2.75) is 24.7 Å². The van der Waals surface area contributed by atoms with Crippen molar-refractivity contribution in [1.29, 1.82) is 0 Å². The molecule has 0 fully saturated rings. The number of sulfonamides is 1. The van der Waals surface area contributed by atoms with Crippen LogP contribution in [0.25, 0.3) is 0 Å². The van der Waals surface area contributed by atoms with Crippen LogP contribution < -0.4 is 14.4 Å². The molecule has 3 aromatic carbocycles. The molecule has 0 radical (unpaired) electrons. The zero-order valence-corrected chi connectivity index (χ0v) is 19.1. The van der Waals surface area contributed by atoms with Crippen molar-refractivity contribution in [3.63, 3.8) is 0 Å². The quantitative estimate of drug-likeness (QED) is 0.473. The number of ether oxygens (including phenoxy) is 1. The van der Waals surface area contributed by atoms with Crippen molar-refractivity contribution in [3.8, 4) is 5.75 Å². The Balaban J connectivity index is 1.65. The first kappa shape index (κ1) is 23.3. The number of carbonyl (C=O) groups excluding carboxylic acids is 1. The molecule has 0 spiro atoms. The van der Waals surface area contributed by atoms with Gasteiger partial charge in [-0.1, -0.05) is 48.0 Å². The molecule has 0 heterocycles. The van der Waals surface area contributed by atoms with Gasteiger partial charge in [-0.05, 0) is 61.7 Å². The zero-order valence-electron chi connectivity index (χ0n) is 18.3. The third-order valence-electron chi connectivity index (χ3n) is 5.04. The summed E-state index contributed by atoms with van der Waals surface area (Å²) in [4.78, 5) is 12.8. The third-order valence-corrected chi connectivity index (χ3v) is 6.83. The molecule has 168 valence electrons. The first-order valence-electron chi connectivity index (χ1n) is 10.4. The van der Waals surface area contributed by atoms with Crippen LogP contribution in [0.15, 0.2) is 83.8 Å². The van der Waals surface area contributed by atoms with E-state index in [9.17, 15) is 13.2 Å². The van der Waals surface area contributed by atoms with Crippen molar-refractivity contribution < 1.29 is 17.9 Å². The molecule has 0 atom stereocenters. The number of rotatable bonds is 10. The molecule has 3 aromatic rings. The SMILES string of the molecule is COc1cccc(CCCNC(=O)CN(c2ccccc2)S(=O)(=O)c2ccc(C)cc2)c1. The van der Waals surface area contributed by atoms with Gasteiger partial charge in [0.15, 0.2) is 0 Å². The molecule has 0 aliphatic carbocycles. The van der Waals surface area contributed by atoms with Crippen LogP contribution in [0.3, 0.4) is 0 Å². The summed E-state index contributed by atoms with van der Waals surface area (Å²) in [6.45, 7) is 2.05. The smallest absolute Gasteiger partial charge is 0.264 e. The van der Waals surface area contributed by atoms with E-state index < -0.39 is 10.0 Å². The van der Waals surface area contributed by atoms with Crippen LogP contribution >= 0.6 is 0 Å². The van der Waals surface area contributed by atoms with Gasteiger partial charge in [0, 0.05) is 6.54 Å². The Bertz CT molecular complexity index is 1130. The number of hydrogen-bond acceptors (Lipinski definition) is 4. The van der Waals surface area contributed by atoms with Crippen LogP contribution in [0.1, 0.15) is 17.5 Å². The molecule has 0 saturated carbocycles. The number of methoxy groups -OCH3 is 1. The maximum Gasteiger partial charge on any atom is 0.264 e. The molecule has 0 saturated heterocycles. The van der Waals surface area contributed by atoms with Crippen LogP contribution in [0, 0.1) is 6.92 Å². The summed E-state index contributed by atoms with van der Waals surface area (Å²) < 4.78 is 33.0. The highest BCUT2D eigenvalue weighted by Crippen LogP contribution is 2.23. The standard InChI is InChI=1S/C25H28N2O4S/c1-20-13-15-24(16-14-20)32(29,30)27(22-10-4-3-5-11-22)19-25(28)26-17-7-9-21-8-6-12-23(18-21)31-2/h3-6,8,10-16,18H,7,9,17,19H2,1-2H3,(H,26,28). The molecule has 7 heteroatoms. The number of hydrogen-bond donors (Lipinski definition) is 1. The van der Waals surface area contributed by atoms with Gasteiger partial charge >= 0.3 is 0 Å². The zero-order chi connectivity index (χ0) is 23.0. The highest BCUT2D eigenvalue weighted by molar-refractivity contribution is 7.92. The number of nitrogens with zero attached hydrogens (tertiary/aromatic N) is 1. The first-order valence-corrected chi connectivity index (χ1v) is 11.9. The van der Waals surface area contributed by atoms with E-state index in [1.54, 1.807) is 61.7 Å². The molecule has 32 heavy (non-hydrogen) atoms. The van der Waals surface area contributed by atoms with Gasteiger partial charge in [-0.25, -0.2) is 8.42 Å². The predicted molar refractivity (Wildman–Crippen MR) is 126 cm³/mol. The minimum absolute atomic E-state index is 0.151. The molecule has 0 bridgehead atoms. The number of nitrogens with one attached hydrogen (secondary N) is 1. The maximum absolute atomic E-state index is 13.3. The fourth-order valence-electron chi connectivity index (χ4n) is 3.28. The van der Waals surface area contributed by atoms with E-state index in [2.05, 4.69) is 5.32 Å². The Morgan fingerprint density at radius 3 is 2.38 bits per heavy atom. The van der Waals surface area contributed by atoms with Gasteiger partial charge in [0.1, 0.15) is 12.3 Å². The summed E-state index contributed by atoms with van der Waals surface area (Å²) in [6, 6.07) is 23.1. The largest absolute Gasteiger partial charge is 0.497 e. The van der Waals surface area contributed by atoms with E-state index in [-0.39, 0.29) is 17.3 Å². The Hall–Kier alpha value is -3.32. The maximum atomic E-state index is 13.3. The monoisotopic (exact) mass is 452 g/mol. The number of para-hydroxylation sites is 1. The number of carbonyl (C=O) groups is 1. The molecular formula is C25H28N2O4S. The second-order valence-corrected chi connectivity index (χ2v) is 9.33. The lowest BCUT2D eigenvalue weighted by molar-refractivity contribution is -0.119. The lowest BCUT2D eigenvalue weighted by atomic mass is 10.1. The topological polar surface area (TPSA) is 75.7 Å². The van der Waals surface area contributed by atoms with Crippen LogP contribution in [0.2, 0.25) is 0 Å². The molecule has 0 aliphatic heterocycles. The van der Waals surface area contributed by atoms with E-state index in [1.165, 1.54) is 0 Å². The highest BCUT2D eigenvalue weighted by Gasteiger charge is 2.26. The second kappa shape index (κ2) is 10.8. The van der Waals surface area contributed by atoms with E-state index in [0.717, 1.165) is 34.0 Å². The molecule has 1 amide bonds. The Morgan fingerprint density at radius 2 is 1.69 bits per heavy atom. The molecule has 6 nitrogen and oxygen atoms in total. The third kappa shape index (κ3) is 6.11. The second-order valence-electron chi connectivity index (χ2n) is 7.47. The van der Waals surface area contributed by atoms with Gasteiger partial charge in [0.2, 0.25) is 5.91 Å². The van der Waals surface area contributed by atoms with Gasteiger partial charge in [-0.3, -0.25) is 9.10 Å². The number of aryl methyl sites for hydroxylation is 2. The molecule has 0 unspecified atom stereocenters. The molecule has 0 aromatic heterocycles. The van der Waals surface area contributed by atoms with E-state index in [1.807, 2.05) is 31.2 Å². The lowest BCUT2D eigenvalue weighted by Crippen LogP contribution is -2.41. The Morgan fingerprint density at radius 1 is 0.969 bits per heavy atom. The van der Waals surface area contributed by atoms with Gasteiger partial charge in [0.05, 0.1) is 17.7 Å². The summed E-state index contributed by atoms with van der Waals surface area (Å²) in [5.74, 6) is 0.446. The predicted octanol–water partition coefficient (Wildman–Crippen LogP) is 3.95. The summed E-state index contributed by atoms with van der Waals surface area (Å²) in [7, 11) is -2.26. The fraction of sp³-hybridized carbons (Fsp3) is 0.240. The van der Waals surface area contributed by atoms with Crippen LogP contribution in [0.5, 0.6) is 5.75 Å². The minimum Gasteiger partial charge on any atom is -0.497 e. The van der Waals surface area contributed by atoms with Gasteiger partial charge in [-0.2, -0.15) is 0 Å². The summed E-state index contributed by atoms with van der Waals surface area (Å²) >= 11 is 0. The van der Waals surface area contributed by atoms with E-state index in [4.69, 9.17) is 4.74 Å². The summed E-state index contributed by atoms with van der Waals surface area (Å²) in [5.41, 5.74) is 2.52. The van der Waals surface area contributed by atoms with Crippen molar-refractivity contribution in [1.82, 2.24) is 5.32 Å². The molecule has 1 N–H and O–H groups in total. The number of amides is 1. The Kier molecular flexibility index (Phi) is 7.89.